The average molecular weight is 442 g/mol. The van der Waals surface area contributed by atoms with E-state index in [9.17, 15) is 14.0 Å². The number of carbonyl (C=O) groups excluding carboxylic acids is 2. The molecule has 0 unspecified atom stereocenters. The molecule has 3 aromatic rings. The van der Waals surface area contributed by atoms with Gasteiger partial charge in [-0.25, -0.2) is 9.18 Å². The zero-order chi connectivity index (χ0) is 23.3. The van der Waals surface area contributed by atoms with Crippen molar-refractivity contribution in [3.8, 4) is 5.75 Å². The largest absolute Gasteiger partial charge is 0.485 e. The molecule has 2 N–H and O–H groups in total. The first-order valence-corrected chi connectivity index (χ1v) is 9.72. The van der Waals surface area contributed by atoms with Gasteiger partial charge in [-0.15, -0.1) is 0 Å². The van der Waals surface area contributed by atoms with Crippen LogP contribution >= 0.6 is 0 Å². The summed E-state index contributed by atoms with van der Waals surface area (Å²) < 4.78 is 29.8. The Hall–Kier alpha value is -3.95. The molecule has 10 heteroatoms. The van der Waals surface area contributed by atoms with Crippen molar-refractivity contribution in [2.75, 3.05) is 10.6 Å². The van der Waals surface area contributed by atoms with Gasteiger partial charge in [-0.1, -0.05) is 17.3 Å². The number of para-hydroxylation sites is 1. The van der Waals surface area contributed by atoms with Gasteiger partial charge in [0.05, 0.1) is 11.3 Å². The molecule has 9 nitrogen and oxygen atoms in total. The van der Waals surface area contributed by atoms with Crippen LogP contribution < -0.4 is 15.4 Å². The van der Waals surface area contributed by atoms with Crippen molar-refractivity contribution in [1.82, 2.24) is 10.1 Å². The zero-order valence-electron chi connectivity index (χ0n) is 18.1. The molecule has 2 amide bonds. The van der Waals surface area contributed by atoms with E-state index in [2.05, 4.69) is 20.8 Å². The molecule has 0 aliphatic heterocycles. The van der Waals surface area contributed by atoms with Gasteiger partial charge in [0.15, 0.2) is 6.61 Å². The Morgan fingerprint density at radius 2 is 1.88 bits per heavy atom. The highest BCUT2D eigenvalue weighted by Gasteiger charge is 2.18. The molecule has 1 heterocycles. The van der Waals surface area contributed by atoms with Crippen LogP contribution in [0.4, 0.5) is 20.6 Å². The van der Waals surface area contributed by atoms with Gasteiger partial charge in [-0.05, 0) is 51.1 Å². The van der Waals surface area contributed by atoms with Crippen LogP contribution in [0.5, 0.6) is 5.75 Å². The van der Waals surface area contributed by atoms with Gasteiger partial charge in [0.25, 0.3) is 5.91 Å². The van der Waals surface area contributed by atoms with E-state index in [1.54, 1.807) is 52.0 Å². The lowest BCUT2D eigenvalue weighted by molar-refractivity contribution is 0.0635. The second-order valence-corrected chi connectivity index (χ2v) is 7.79. The van der Waals surface area contributed by atoms with Crippen LogP contribution in [0.1, 0.15) is 42.8 Å². The first-order valence-electron chi connectivity index (χ1n) is 9.72. The van der Waals surface area contributed by atoms with Crippen LogP contribution in [0.25, 0.3) is 0 Å². The van der Waals surface area contributed by atoms with E-state index in [4.69, 9.17) is 14.0 Å². The van der Waals surface area contributed by atoms with Gasteiger partial charge >= 0.3 is 6.09 Å². The van der Waals surface area contributed by atoms with Gasteiger partial charge in [-0.3, -0.25) is 10.1 Å². The minimum atomic E-state index is -0.810. The average Bonchev–Trinajstić information content (AvgIpc) is 3.13. The Labute approximate surface area is 183 Å². The van der Waals surface area contributed by atoms with E-state index in [-0.39, 0.29) is 23.5 Å². The molecule has 0 radical (unpaired) electrons. The zero-order valence-corrected chi connectivity index (χ0v) is 18.1. The maximum absolute atomic E-state index is 14.1. The SMILES string of the molecule is Cc1nc(COc2ccccc2C(=O)Nc2ccc(F)c(NC(=O)OC(C)(C)C)c2)no1. The molecule has 0 fully saturated rings. The second-order valence-electron chi connectivity index (χ2n) is 7.79. The van der Waals surface area contributed by atoms with Gasteiger partial charge < -0.3 is 19.3 Å². The van der Waals surface area contributed by atoms with Gasteiger partial charge in [0, 0.05) is 12.6 Å². The minimum Gasteiger partial charge on any atom is -0.485 e. The van der Waals surface area contributed by atoms with Crippen LogP contribution in [-0.4, -0.2) is 27.7 Å². The minimum absolute atomic E-state index is 0.0160. The lowest BCUT2D eigenvalue weighted by atomic mass is 10.1. The molecule has 0 aliphatic carbocycles. The molecule has 0 aliphatic rings. The molecular formula is C22H23FN4O5. The number of rotatable bonds is 6. The number of nitrogens with zero attached hydrogens (tertiary/aromatic N) is 2. The summed E-state index contributed by atoms with van der Waals surface area (Å²) >= 11 is 0. The number of anilines is 2. The van der Waals surface area contributed by atoms with Crippen molar-refractivity contribution in [3.63, 3.8) is 0 Å². The number of nitrogens with one attached hydrogen (secondary N) is 2. The van der Waals surface area contributed by atoms with Gasteiger partial charge in [0.1, 0.15) is 17.2 Å². The van der Waals surface area contributed by atoms with E-state index in [1.807, 2.05) is 0 Å². The van der Waals surface area contributed by atoms with Gasteiger partial charge in [-0.2, -0.15) is 4.98 Å². The number of carbonyl (C=O) groups is 2. The summed E-state index contributed by atoms with van der Waals surface area (Å²) in [7, 11) is 0. The van der Waals surface area contributed by atoms with Crippen LogP contribution in [0.15, 0.2) is 47.0 Å². The Bertz CT molecular complexity index is 1120. The molecule has 3 rings (SSSR count). The van der Waals surface area contributed by atoms with Crippen LogP contribution in [0.2, 0.25) is 0 Å². The third-order valence-corrected chi connectivity index (χ3v) is 3.92. The third-order valence-electron chi connectivity index (χ3n) is 3.92. The maximum atomic E-state index is 14.1. The maximum Gasteiger partial charge on any atom is 0.412 e. The fraction of sp³-hybridized carbons (Fsp3) is 0.273. The lowest BCUT2D eigenvalue weighted by Crippen LogP contribution is -2.27. The fourth-order valence-electron chi connectivity index (χ4n) is 2.63. The van der Waals surface area contributed by atoms with Crippen molar-refractivity contribution < 1.29 is 28.0 Å². The highest BCUT2D eigenvalue weighted by molar-refractivity contribution is 6.06. The Kier molecular flexibility index (Phi) is 6.72. The summed E-state index contributed by atoms with van der Waals surface area (Å²) in [5.74, 6) is -0.106. The number of amides is 2. The van der Waals surface area contributed by atoms with E-state index in [0.29, 0.717) is 17.5 Å². The number of halogens is 1. The number of hydrogen-bond donors (Lipinski definition) is 2. The second kappa shape index (κ2) is 9.46. The summed E-state index contributed by atoms with van der Waals surface area (Å²) in [6, 6.07) is 10.4. The number of hydrogen-bond acceptors (Lipinski definition) is 7. The number of ether oxygens (including phenoxy) is 2. The molecule has 168 valence electrons. The van der Waals surface area contributed by atoms with E-state index in [0.717, 1.165) is 6.07 Å². The summed E-state index contributed by atoms with van der Waals surface area (Å²) in [6.45, 7) is 6.76. The smallest absolute Gasteiger partial charge is 0.412 e. The first kappa shape index (κ1) is 22.7. The third kappa shape index (κ3) is 6.27. The van der Waals surface area contributed by atoms with Crippen LogP contribution in [0, 0.1) is 12.7 Å². The first-order chi connectivity index (χ1) is 15.1. The highest BCUT2D eigenvalue weighted by Crippen LogP contribution is 2.24. The molecule has 0 bridgehead atoms. The topological polar surface area (TPSA) is 116 Å². The quantitative estimate of drug-likeness (QED) is 0.569. The summed E-state index contributed by atoms with van der Waals surface area (Å²) in [6.07, 6.45) is -0.810. The molecule has 0 spiro atoms. The van der Waals surface area contributed by atoms with Crippen molar-refractivity contribution in [3.05, 3.63) is 65.6 Å². The monoisotopic (exact) mass is 442 g/mol. The molecular weight excluding hydrogens is 419 g/mol. The van der Waals surface area contributed by atoms with Crippen molar-refractivity contribution in [2.24, 2.45) is 0 Å². The summed E-state index contributed by atoms with van der Waals surface area (Å²) in [5.41, 5.74) is -0.352. The Morgan fingerprint density at radius 3 is 2.56 bits per heavy atom. The van der Waals surface area contributed by atoms with Crippen molar-refractivity contribution in [2.45, 2.75) is 39.9 Å². The summed E-state index contributed by atoms with van der Waals surface area (Å²) in [4.78, 5) is 28.8. The van der Waals surface area contributed by atoms with Gasteiger partial charge in [0.2, 0.25) is 11.7 Å². The van der Waals surface area contributed by atoms with E-state index < -0.39 is 23.4 Å². The number of aromatic nitrogens is 2. The number of aryl methyl sites for hydroxylation is 1. The molecule has 32 heavy (non-hydrogen) atoms. The van der Waals surface area contributed by atoms with Crippen LogP contribution in [-0.2, 0) is 11.3 Å². The standard InChI is InChI=1S/C22H23FN4O5/c1-13-24-19(27-32-13)12-30-18-8-6-5-7-15(18)20(28)25-14-9-10-16(23)17(11-14)26-21(29)31-22(2,3)4/h5-11H,12H2,1-4H3,(H,25,28)(H,26,29). The van der Waals surface area contributed by atoms with E-state index >= 15 is 0 Å². The van der Waals surface area contributed by atoms with Crippen molar-refractivity contribution >= 4 is 23.4 Å². The molecule has 0 saturated carbocycles. The number of benzene rings is 2. The lowest BCUT2D eigenvalue weighted by Gasteiger charge is -2.20. The summed E-state index contributed by atoms with van der Waals surface area (Å²) in [5, 5.41) is 8.74. The normalized spacial score (nSPS) is 11.0. The molecule has 0 atom stereocenters. The van der Waals surface area contributed by atoms with Crippen molar-refractivity contribution in [1.29, 1.82) is 0 Å². The molecule has 0 saturated heterocycles. The highest BCUT2D eigenvalue weighted by atomic mass is 19.1. The molecule has 1 aromatic heterocycles. The Morgan fingerprint density at radius 1 is 1.12 bits per heavy atom. The fourth-order valence-corrected chi connectivity index (χ4v) is 2.63. The van der Waals surface area contributed by atoms with E-state index in [1.165, 1.54) is 12.1 Å². The van der Waals surface area contributed by atoms with Crippen LogP contribution in [0.3, 0.4) is 0 Å². The predicted octanol–water partition coefficient (Wildman–Crippen LogP) is 4.70. The predicted molar refractivity (Wildman–Crippen MR) is 114 cm³/mol. The Balaban J connectivity index is 1.71. The molecule has 2 aromatic carbocycles.